The highest BCUT2D eigenvalue weighted by atomic mass is 32.1. The van der Waals surface area contributed by atoms with Crippen molar-refractivity contribution in [2.24, 2.45) is 5.73 Å². The molecule has 0 saturated heterocycles. The molecule has 3 rings (SSSR count). The standard InChI is InChI=1S/C16H18N4S/c1-12(16-19-7-8-21-16)10-20-11-18-9-14(20)15(17)13-5-3-2-4-6-13/h2-9,11-12,15H,10,17H2,1H3. The van der Waals surface area contributed by atoms with Crippen molar-refractivity contribution in [3.63, 3.8) is 0 Å². The first-order chi connectivity index (χ1) is 10.3. The molecule has 0 amide bonds. The minimum absolute atomic E-state index is 0.155. The van der Waals surface area contributed by atoms with Gasteiger partial charge in [-0.3, -0.25) is 0 Å². The number of rotatable bonds is 5. The van der Waals surface area contributed by atoms with Crippen molar-refractivity contribution >= 4 is 11.3 Å². The summed E-state index contributed by atoms with van der Waals surface area (Å²) in [5.74, 6) is 0.348. The zero-order chi connectivity index (χ0) is 14.7. The Balaban J connectivity index is 1.81. The number of thiazole rings is 1. The number of hydrogen-bond donors (Lipinski definition) is 1. The highest BCUT2D eigenvalue weighted by molar-refractivity contribution is 7.09. The van der Waals surface area contributed by atoms with Crippen LogP contribution in [0.4, 0.5) is 0 Å². The van der Waals surface area contributed by atoms with Crippen molar-refractivity contribution < 1.29 is 0 Å². The second-order valence-electron chi connectivity index (χ2n) is 5.13. The first-order valence-corrected chi connectivity index (χ1v) is 7.83. The summed E-state index contributed by atoms with van der Waals surface area (Å²) in [5.41, 5.74) is 8.51. The second kappa shape index (κ2) is 6.20. The maximum atomic E-state index is 6.38. The zero-order valence-electron chi connectivity index (χ0n) is 11.9. The van der Waals surface area contributed by atoms with Crippen LogP contribution in [0.15, 0.2) is 54.4 Å². The van der Waals surface area contributed by atoms with E-state index in [4.69, 9.17) is 5.73 Å². The molecule has 1 aromatic carbocycles. The van der Waals surface area contributed by atoms with E-state index >= 15 is 0 Å². The van der Waals surface area contributed by atoms with Gasteiger partial charge in [0.25, 0.3) is 0 Å². The molecule has 108 valence electrons. The van der Waals surface area contributed by atoms with Gasteiger partial charge in [-0.2, -0.15) is 0 Å². The number of benzene rings is 1. The van der Waals surface area contributed by atoms with Crippen molar-refractivity contribution in [2.75, 3.05) is 0 Å². The minimum atomic E-state index is -0.155. The normalized spacial score (nSPS) is 14.0. The molecule has 2 atom stereocenters. The third-order valence-electron chi connectivity index (χ3n) is 3.57. The Kier molecular flexibility index (Phi) is 4.13. The highest BCUT2D eigenvalue weighted by Gasteiger charge is 2.16. The topological polar surface area (TPSA) is 56.7 Å². The predicted molar refractivity (Wildman–Crippen MR) is 85.2 cm³/mol. The van der Waals surface area contributed by atoms with Crippen LogP contribution in [-0.4, -0.2) is 14.5 Å². The van der Waals surface area contributed by atoms with Crippen molar-refractivity contribution in [1.82, 2.24) is 14.5 Å². The van der Waals surface area contributed by atoms with Crippen LogP contribution in [0, 0.1) is 0 Å². The molecule has 0 fully saturated rings. The Morgan fingerprint density at radius 3 is 2.81 bits per heavy atom. The van der Waals surface area contributed by atoms with Crippen molar-refractivity contribution in [3.05, 3.63) is 70.7 Å². The van der Waals surface area contributed by atoms with Gasteiger partial charge in [0.2, 0.25) is 0 Å². The molecular weight excluding hydrogens is 280 g/mol. The monoisotopic (exact) mass is 298 g/mol. The summed E-state index contributed by atoms with van der Waals surface area (Å²) in [6, 6.07) is 9.95. The number of nitrogens with two attached hydrogens (primary N) is 1. The molecule has 2 heterocycles. The van der Waals surface area contributed by atoms with E-state index in [2.05, 4.69) is 21.5 Å². The van der Waals surface area contributed by atoms with Gasteiger partial charge in [0, 0.05) is 24.0 Å². The molecule has 21 heavy (non-hydrogen) atoms. The number of hydrogen-bond acceptors (Lipinski definition) is 4. The van der Waals surface area contributed by atoms with Crippen LogP contribution < -0.4 is 5.73 Å². The Hall–Kier alpha value is -1.98. The Bertz CT molecular complexity index is 675. The van der Waals surface area contributed by atoms with E-state index in [0.29, 0.717) is 5.92 Å². The van der Waals surface area contributed by atoms with Gasteiger partial charge >= 0.3 is 0 Å². The summed E-state index contributed by atoms with van der Waals surface area (Å²) in [5, 5.41) is 3.15. The summed E-state index contributed by atoms with van der Waals surface area (Å²) >= 11 is 1.69. The fourth-order valence-corrected chi connectivity index (χ4v) is 3.11. The zero-order valence-corrected chi connectivity index (χ0v) is 12.7. The van der Waals surface area contributed by atoms with Gasteiger partial charge in [0.05, 0.1) is 29.3 Å². The summed E-state index contributed by atoms with van der Waals surface area (Å²) in [6.45, 7) is 3.01. The van der Waals surface area contributed by atoms with Gasteiger partial charge in [-0.25, -0.2) is 9.97 Å². The van der Waals surface area contributed by atoms with Crippen LogP contribution in [0.5, 0.6) is 0 Å². The fourth-order valence-electron chi connectivity index (χ4n) is 2.42. The van der Waals surface area contributed by atoms with E-state index in [9.17, 15) is 0 Å². The van der Waals surface area contributed by atoms with Gasteiger partial charge in [-0.1, -0.05) is 37.3 Å². The lowest BCUT2D eigenvalue weighted by atomic mass is 10.0. The van der Waals surface area contributed by atoms with E-state index in [0.717, 1.165) is 22.8 Å². The lowest BCUT2D eigenvalue weighted by Gasteiger charge is -2.17. The van der Waals surface area contributed by atoms with Crippen LogP contribution in [0.3, 0.4) is 0 Å². The average Bonchev–Trinajstić information content (AvgIpc) is 3.19. The molecule has 2 aromatic heterocycles. The summed E-state index contributed by atoms with van der Waals surface area (Å²) in [4.78, 5) is 8.65. The third kappa shape index (κ3) is 3.04. The quantitative estimate of drug-likeness (QED) is 0.787. The van der Waals surface area contributed by atoms with Crippen LogP contribution in [0.25, 0.3) is 0 Å². The Morgan fingerprint density at radius 1 is 1.29 bits per heavy atom. The Morgan fingerprint density at radius 2 is 2.10 bits per heavy atom. The van der Waals surface area contributed by atoms with E-state index in [1.54, 1.807) is 11.3 Å². The number of aromatic nitrogens is 3. The van der Waals surface area contributed by atoms with Gasteiger partial charge in [-0.15, -0.1) is 11.3 Å². The Labute approximate surface area is 128 Å². The molecular formula is C16H18N4S. The summed E-state index contributed by atoms with van der Waals surface area (Å²) < 4.78 is 2.13. The molecule has 5 heteroatoms. The number of nitrogens with zero attached hydrogens (tertiary/aromatic N) is 3. The fraction of sp³-hybridized carbons (Fsp3) is 0.250. The summed E-state index contributed by atoms with van der Waals surface area (Å²) in [7, 11) is 0. The van der Waals surface area contributed by atoms with Gasteiger partial charge < -0.3 is 10.3 Å². The molecule has 0 radical (unpaired) electrons. The smallest absolute Gasteiger partial charge is 0.0970 e. The predicted octanol–water partition coefficient (Wildman–Crippen LogP) is 3.19. The first-order valence-electron chi connectivity index (χ1n) is 6.95. The first kappa shape index (κ1) is 14.0. The average molecular weight is 298 g/mol. The third-order valence-corrected chi connectivity index (χ3v) is 4.57. The van der Waals surface area contributed by atoms with Crippen LogP contribution in [0.2, 0.25) is 0 Å². The molecule has 2 N–H and O–H groups in total. The molecule has 0 aliphatic heterocycles. The molecule has 0 spiro atoms. The van der Waals surface area contributed by atoms with Crippen LogP contribution in [0.1, 0.15) is 35.1 Å². The van der Waals surface area contributed by atoms with Crippen LogP contribution >= 0.6 is 11.3 Å². The SMILES string of the molecule is CC(Cn1cncc1C(N)c1ccccc1)c1nccs1. The molecule has 4 nitrogen and oxygen atoms in total. The largest absolute Gasteiger partial charge is 0.332 e. The van der Waals surface area contributed by atoms with E-state index in [1.807, 2.05) is 54.4 Å². The van der Waals surface area contributed by atoms with E-state index in [-0.39, 0.29) is 6.04 Å². The maximum Gasteiger partial charge on any atom is 0.0970 e. The van der Waals surface area contributed by atoms with E-state index < -0.39 is 0 Å². The summed E-state index contributed by atoms with van der Waals surface area (Å²) in [6.07, 6.45) is 5.55. The van der Waals surface area contributed by atoms with Gasteiger partial charge in [0.1, 0.15) is 0 Å². The van der Waals surface area contributed by atoms with E-state index in [1.165, 1.54) is 0 Å². The molecule has 0 aliphatic rings. The number of imidazole rings is 1. The van der Waals surface area contributed by atoms with Crippen molar-refractivity contribution in [2.45, 2.75) is 25.4 Å². The van der Waals surface area contributed by atoms with Gasteiger partial charge in [0.15, 0.2) is 0 Å². The lowest BCUT2D eigenvalue weighted by Crippen LogP contribution is -2.18. The van der Waals surface area contributed by atoms with Crippen LogP contribution in [-0.2, 0) is 6.54 Å². The molecule has 0 aliphatic carbocycles. The maximum absolute atomic E-state index is 6.38. The molecule has 2 unspecified atom stereocenters. The minimum Gasteiger partial charge on any atom is -0.332 e. The van der Waals surface area contributed by atoms with Crippen molar-refractivity contribution in [3.8, 4) is 0 Å². The lowest BCUT2D eigenvalue weighted by molar-refractivity contribution is 0.564. The highest BCUT2D eigenvalue weighted by Crippen LogP contribution is 2.23. The molecule has 0 bridgehead atoms. The van der Waals surface area contributed by atoms with Gasteiger partial charge in [-0.05, 0) is 5.56 Å². The second-order valence-corrected chi connectivity index (χ2v) is 6.06. The van der Waals surface area contributed by atoms with Crippen molar-refractivity contribution in [1.29, 1.82) is 0 Å². The molecule has 0 saturated carbocycles. The molecule has 3 aromatic rings.